The molecule has 0 aliphatic carbocycles. The van der Waals surface area contributed by atoms with Crippen molar-refractivity contribution in [1.82, 2.24) is 5.32 Å². The van der Waals surface area contributed by atoms with Crippen LogP contribution >= 0.6 is 0 Å². The minimum absolute atomic E-state index is 0.0199. The van der Waals surface area contributed by atoms with Crippen LogP contribution in [0, 0.1) is 11.3 Å². The predicted octanol–water partition coefficient (Wildman–Crippen LogP) is 3.27. The lowest BCUT2D eigenvalue weighted by Crippen LogP contribution is -2.37. The molecule has 0 bridgehead atoms. The van der Waals surface area contributed by atoms with Gasteiger partial charge in [0.2, 0.25) is 5.91 Å². The second-order valence-electron chi connectivity index (χ2n) is 6.49. The summed E-state index contributed by atoms with van der Waals surface area (Å²) < 4.78 is 0. The number of nitrogens with one attached hydrogen (secondary N) is 1. The van der Waals surface area contributed by atoms with Crippen LogP contribution in [0.5, 0.6) is 0 Å². The van der Waals surface area contributed by atoms with Gasteiger partial charge >= 0.3 is 0 Å². The van der Waals surface area contributed by atoms with E-state index in [4.69, 9.17) is 5.73 Å². The van der Waals surface area contributed by atoms with Crippen LogP contribution in [0.2, 0.25) is 0 Å². The maximum Gasteiger partial charge on any atom is 0.220 e. The molecule has 0 radical (unpaired) electrons. The average molecular weight is 276 g/mol. The SMILES string of the molecule is CCC(CN)CC(=O)NC(c1ccccc1)C(C)(C)C. The minimum Gasteiger partial charge on any atom is -0.349 e. The Bertz CT molecular complexity index is 405. The Balaban J connectivity index is 2.79. The van der Waals surface area contributed by atoms with Gasteiger partial charge in [0, 0.05) is 6.42 Å². The van der Waals surface area contributed by atoms with E-state index < -0.39 is 0 Å². The molecule has 1 aromatic carbocycles. The summed E-state index contributed by atoms with van der Waals surface area (Å²) in [6, 6.07) is 10.2. The van der Waals surface area contributed by atoms with E-state index in [0.717, 1.165) is 12.0 Å². The molecular formula is C17H28N2O. The van der Waals surface area contributed by atoms with E-state index in [1.54, 1.807) is 0 Å². The summed E-state index contributed by atoms with van der Waals surface area (Å²) in [7, 11) is 0. The predicted molar refractivity (Wildman–Crippen MR) is 84.2 cm³/mol. The molecule has 0 fully saturated rings. The van der Waals surface area contributed by atoms with E-state index in [9.17, 15) is 4.79 Å². The quantitative estimate of drug-likeness (QED) is 0.838. The molecule has 0 spiro atoms. The number of rotatable bonds is 6. The van der Waals surface area contributed by atoms with E-state index in [2.05, 4.69) is 45.1 Å². The van der Waals surface area contributed by atoms with E-state index in [1.807, 2.05) is 18.2 Å². The van der Waals surface area contributed by atoms with Crippen LogP contribution in [-0.2, 0) is 4.79 Å². The van der Waals surface area contributed by atoms with Gasteiger partial charge in [0.05, 0.1) is 6.04 Å². The second-order valence-corrected chi connectivity index (χ2v) is 6.49. The number of benzene rings is 1. The fraction of sp³-hybridized carbons (Fsp3) is 0.588. The second kappa shape index (κ2) is 7.44. The number of hydrogen-bond donors (Lipinski definition) is 2. The van der Waals surface area contributed by atoms with Crippen LogP contribution in [0.4, 0.5) is 0 Å². The Morgan fingerprint density at radius 1 is 1.25 bits per heavy atom. The zero-order valence-corrected chi connectivity index (χ0v) is 13.1. The zero-order valence-electron chi connectivity index (χ0n) is 13.1. The monoisotopic (exact) mass is 276 g/mol. The number of nitrogens with two attached hydrogens (primary N) is 1. The standard InChI is InChI=1S/C17H28N2O/c1-5-13(12-18)11-15(20)19-16(17(2,3)4)14-9-7-6-8-10-14/h6-10,13,16H,5,11-12,18H2,1-4H3,(H,19,20). The topological polar surface area (TPSA) is 55.1 Å². The van der Waals surface area contributed by atoms with Crippen molar-refractivity contribution >= 4 is 5.91 Å². The molecule has 2 unspecified atom stereocenters. The third-order valence-electron chi connectivity index (χ3n) is 3.69. The van der Waals surface area contributed by atoms with Crippen LogP contribution in [-0.4, -0.2) is 12.5 Å². The highest BCUT2D eigenvalue weighted by atomic mass is 16.1. The molecule has 3 N–H and O–H groups in total. The summed E-state index contributed by atoms with van der Waals surface area (Å²) >= 11 is 0. The molecule has 3 heteroatoms. The van der Waals surface area contributed by atoms with Crippen LogP contribution in [0.3, 0.4) is 0 Å². The fourth-order valence-electron chi connectivity index (χ4n) is 2.32. The van der Waals surface area contributed by atoms with Gasteiger partial charge in [-0.05, 0) is 23.4 Å². The van der Waals surface area contributed by atoms with Gasteiger partial charge in [-0.2, -0.15) is 0 Å². The molecule has 1 aromatic rings. The molecular weight excluding hydrogens is 248 g/mol. The summed E-state index contributed by atoms with van der Waals surface area (Å²) in [6.07, 6.45) is 1.45. The van der Waals surface area contributed by atoms with Gasteiger partial charge in [0.1, 0.15) is 0 Å². The third-order valence-corrected chi connectivity index (χ3v) is 3.69. The molecule has 3 nitrogen and oxygen atoms in total. The first-order chi connectivity index (χ1) is 9.38. The molecule has 0 saturated heterocycles. The maximum atomic E-state index is 12.2. The van der Waals surface area contributed by atoms with Crippen LogP contribution in [0.25, 0.3) is 0 Å². The van der Waals surface area contributed by atoms with Crippen molar-refractivity contribution in [3.63, 3.8) is 0 Å². The van der Waals surface area contributed by atoms with Crippen LogP contribution < -0.4 is 11.1 Å². The van der Waals surface area contributed by atoms with E-state index in [-0.39, 0.29) is 23.3 Å². The highest BCUT2D eigenvalue weighted by molar-refractivity contribution is 5.76. The molecule has 1 amide bonds. The van der Waals surface area contributed by atoms with Crippen molar-refractivity contribution in [2.75, 3.05) is 6.54 Å². The first kappa shape index (κ1) is 16.7. The Hall–Kier alpha value is -1.35. The highest BCUT2D eigenvalue weighted by Crippen LogP contribution is 2.32. The first-order valence-corrected chi connectivity index (χ1v) is 7.42. The van der Waals surface area contributed by atoms with E-state index >= 15 is 0 Å². The summed E-state index contributed by atoms with van der Waals surface area (Å²) in [5, 5.41) is 3.18. The van der Waals surface area contributed by atoms with Crippen molar-refractivity contribution in [1.29, 1.82) is 0 Å². The third kappa shape index (κ3) is 4.97. The normalized spacial score (nSPS) is 14.7. The molecule has 0 saturated carbocycles. The van der Waals surface area contributed by atoms with Gasteiger partial charge < -0.3 is 11.1 Å². The minimum atomic E-state index is -0.0263. The molecule has 20 heavy (non-hydrogen) atoms. The Morgan fingerprint density at radius 3 is 2.30 bits per heavy atom. The van der Waals surface area contributed by atoms with Gasteiger partial charge in [-0.15, -0.1) is 0 Å². The largest absolute Gasteiger partial charge is 0.349 e. The smallest absolute Gasteiger partial charge is 0.220 e. The summed E-state index contributed by atoms with van der Waals surface area (Å²) in [5.41, 5.74) is 6.80. The molecule has 0 heterocycles. The number of amides is 1. The molecule has 2 atom stereocenters. The maximum absolute atomic E-state index is 12.2. The van der Waals surface area contributed by atoms with E-state index in [1.165, 1.54) is 0 Å². The molecule has 1 rings (SSSR count). The summed E-state index contributed by atoms with van der Waals surface area (Å²) in [4.78, 5) is 12.2. The lowest BCUT2D eigenvalue weighted by atomic mass is 9.82. The zero-order chi connectivity index (χ0) is 15.2. The van der Waals surface area contributed by atoms with Crippen molar-refractivity contribution in [2.24, 2.45) is 17.1 Å². The van der Waals surface area contributed by atoms with E-state index in [0.29, 0.717) is 13.0 Å². The Kier molecular flexibility index (Phi) is 6.21. The lowest BCUT2D eigenvalue weighted by molar-refractivity contribution is -0.123. The van der Waals surface area contributed by atoms with Crippen molar-refractivity contribution < 1.29 is 4.79 Å². The summed E-state index contributed by atoms with van der Waals surface area (Å²) in [6.45, 7) is 9.07. The Labute approximate surface area is 122 Å². The van der Waals surface area contributed by atoms with Crippen molar-refractivity contribution in [3.8, 4) is 0 Å². The van der Waals surface area contributed by atoms with Gasteiger partial charge in [-0.3, -0.25) is 4.79 Å². The molecule has 0 aromatic heterocycles. The van der Waals surface area contributed by atoms with Crippen LogP contribution in [0.1, 0.15) is 52.1 Å². The lowest BCUT2D eigenvalue weighted by Gasteiger charge is -2.32. The number of carbonyl (C=O) groups excluding carboxylic acids is 1. The Morgan fingerprint density at radius 2 is 1.85 bits per heavy atom. The van der Waals surface area contributed by atoms with Crippen molar-refractivity contribution in [2.45, 2.75) is 46.6 Å². The fourth-order valence-corrected chi connectivity index (χ4v) is 2.32. The van der Waals surface area contributed by atoms with Gasteiger partial charge in [-0.25, -0.2) is 0 Å². The highest BCUT2D eigenvalue weighted by Gasteiger charge is 2.28. The number of carbonyl (C=O) groups is 1. The molecule has 0 aliphatic heterocycles. The van der Waals surface area contributed by atoms with Crippen molar-refractivity contribution in [3.05, 3.63) is 35.9 Å². The average Bonchev–Trinajstić information content (AvgIpc) is 2.42. The molecule has 112 valence electrons. The van der Waals surface area contributed by atoms with Gasteiger partial charge in [-0.1, -0.05) is 64.4 Å². The first-order valence-electron chi connectivity index (χ1n) is 7.42. The van der Waals surface area contributed by atoms with Crippen LogP contribution in [0.15, 0.2) is 30.3 Å². The summed E-state index contributed by atoms with van der Waals surface area (Å²) in [5.74, 6) is 0.359. The van der Waals surface area contributed by atoms with Gasteiger partial charge in [0.15, 0.2) is 0 Å². The van der Waals surface area contributed by atoms with Gasteiger partial charge in [0.25, 0.3) is 0 Å². The number of hydrogen-bond acceptors (Lipinski definition) is 2. The molecule has 0 aliphatic rings.